The zero-order valence-corrected chi connectivity index (χ0v) is 15.9. The number of carbonyl (C=O) groups is 3. The molecule has 6 nitrogen and oxygen atoms in total. The van der Waals surface area contributed by atoms with E-state index in [9.17, 15) is 19.5 Å². The molecule has 0 radical (unpaired) electrons. The lowest BCUT2D eigenvalue weighted by molar-refractivity contribution is -0.154. The van der Waals surface area contributed by atoms with Crippen LogP contribution in [0.3, 0.4) is 0 Å². The number of carboxylic acid groups (broad SMARTS) is 1. The fourth-order valence-electron chi connectivity index (χ4n) is 3.36. The van der Waals surface area contributed by atoms with Gasteiger partial charge < -0.3 is 15.3 Å². The highest BCUT2D eigenvalue weighted by atomic mass is 16.4. The third kappa shape index (κ3) is 4.23. The van der Waals surface area contributed by atoms with Gasteiger partial charge in [-0.25, -0.2) is 0 Å². The molecule has 0 aromatic heterocycles. The molecule has 26 heavy (non-hydrogen) atoms. The summed E-state index contributed by atoms with van der Waals surface area (Å²) in [6.45, 7) is 7.97. The Morgan fingerprint density at radius 2 is 1.88 bits per heavy atom. The Morgan fingerprint density at radius 3 is 2.46 bits per heavy atom. The molecule has 1 aromatic rings. The summed E-state index contributed by atoms with van der Waals surface area (Å²) in [6.07, 6.45) is 1.19. The van der Waals surface area contributed by atoms with Gasteiger partial charge in [0.1, 0.15) is 6.04 Å². The van der Waals surface area contributed by atoms with Crippen LogP contribution in [0.4, 0.5) is 0 Å². The zero-order valence-electron chi connectivity index (χ0n) is 15.9. The van der Waals surface area contributed by atoms with Crippen LogP contribution in [0.5, 0.6) is 0 Å². The van der Waals surface area contributed by atoms with Crippen LogP contribution in [0, 0.1) is 18.3 Å². The zero-order chi connectivity index (χ0) is 19.5. The number of nitrogens with zero attached hydrogens (tertiary/aromatic N) is 1. The van der Waals surface area contributed by atoms with E-state index in [0.717, 1.165) is 5.56 Å². The van der Waals surface area contributed by atoms with E-state index in [4.69, 9.17) is 0 Å². The van der Waals surface area contributed by atoms with Crippen molar-refractivity contribution in [2.24, 2.45) is 11.3 Å². The first kappa shape index (κ1) is 19.9. The van der Waals surface area contributed by atoms with Gasteiger partial charge in [-0.1, -0.05) is 32.0 Å². The van der Waals surface area contributed by atoms with E-state index in [2.05, 4.69) is 5.32 Å². The van der Waals surface area contributed by atoms with E-state index in [1.807, 2.05) is 32.9 Å². The maximum absolute atomic E-state index is 13.0. The van der Waals surface area contributed by atoms with Gasteiger partial charge in [-0.3, -0.25) is 14.4 Å². The molecule has 1 fully saturated rings. The number of piperidine rings is 1. The molecule has 2 atom stereocenters. The van der Waals surface area contributed by atoms with Crippen molar-refractivity contribution in [2.45, 2.75) is 46.6 Å². The number of hydrogen-bond donors (Lipinski definition) is 2. The Hall–Kier alpha value is -2.37. The summed E-state index contributed by atoms with van der Waals surface area (Å²) in [5.41, 5.74) is 0.450. The molecule has 2 amide bonds. The van der Waals surface area contributed by atoms with Gasteiger partial charge in [0.15, 0.2) is 0 Å². The van der Waals surface area contributed by atoms with Crippen LogP contribution in [0.2, 0.25) is 0 Å². The minimum Gasteiger partial charge on any atom is -0.481 e. The van der Waals surface area contributed by atoms with E-state index in [-0.39, 0.29) is 24.3 Å². The summed E-state index contributed by atoms with van der Waals surface area (Å²) in [7, 11) is 0. The van der Waals surface area contributed by atoms with Crippen LogP contribution in [0.15, 0.2) is 24.3 Å². The number of carboxylic acids is 1. The van der Waals surface area contributed by atoms with Crippen molar-refractivity contribution in [3.63, 3.8) is 0 Å². The summed E-state index contributed by atoms with van der Waals surface area (Å²) in [5, 5.41) is 12.3. The summed E-state index contributed by atoms with van der Waals surface area (Å²) >= 11 is 0. The van der Waals surface area contributed by atoms with Crippen molar-refractivity contribution >= 4 is 17.8 Å². The van der Waals surface area contributed by atoms with Gasteiger partial charge in [0.25, 0.3) is 5.91 Å². The van der Waals surface area contributed by atoms with Gasteiger partial charge in [0.05, 0.1) is 5.41 Å². The van der Waals surface area contributed by atoms with Gasteiger partial charge in [-0.15, -0.1) is 0 Å². The SMILES string of the molecule is Cc1ccccc1C(=O)NC(C(=O)N1CCCC(C)(C(=O)O)C1)C(C)C. The number of aryl methyl sites for hydroxylation is 1. The Balaban J connectivity index is 2.16. The highest BCUT2D eigenvalue weighted by molar-refractivity contribution is 5.98. The number of amides is 2. The monoisotopic (exact) mass is 360 g/mol. The average Bonchev–Trinajstić information content (AvgIpc) is 2.59. The molecule has 0 spiro atoms. The second-order valence-corrected chi connectivity index (χ2v) is 7.74. The summed E-state index contributed by atoms with van der Waals surface area (Å²) in [4.78, 5) is 38.8. The molecule has 6 heteroatoms. The number of carbonyl (C=O) groups excluding carboxylic acids is 2. The van der Waals surface area contributed by atoms with Gasteiger partial charge in [-0.05, 0) is 44.2 Å². The normalized spacial score (nSPS) is 21.3. The molecule has 2 N–H and O–H groups in total. The number of aliphatic carboxylic acids is 1. The Morgan fingerprint density at radius 1 is 1.23 bits per heavy atom. The summed E-state index contributed by atoms with van der Waals surface area (Å²) in [6, 6.07) is 6.55. The first-order chi connectivity index (χ1) is 12.2. The molecule has 1 aromatic carbocycles. The topological polar surface area (TPSA) is 86.7 Å². The van der Waals surface area contributed by atoms with Gasteiger partial charge in [0.2, 0.25) is 5.91 Å². The Kier molecular flexibility index (Phi) is 6.05. The van der Waals surface area contributed by atoms with E-state index < -0.39 is 17.4 Å². The van der Waals surface area contributed by atoms with Crippen molar-refractivity contribution in [1.29, 1.82) is 0 Å². The minimum atomic E-state index is -0.935. The minimum absolute atomic E-state index is 0.103. The summed E-state index contributed by atoms with van der Waals surface area (Å²) in [5.74, 6) is -1.49. The molecule has 1 aliphatic heterocycles. The maximum atomic E-state index is 13.0. The van der Waals surface area contributed by atoms with Crippen molar-refractivity contribution in [2.75, 3.05) is 13.1 Å². The lowest BCUT2D eigenvalue weighted by Gasteiger charge is -2.39. The van der Waals surface area contributed by atoms with E-state index in [0.29, 0.717) is 24.9 Å². The highest BCUT2D eigenvalue weighted by Crippen LogP contribution is 2.30. The molecule has 0 aliphatic carbocycles. The lowest BCUT2D eigenvalue weighted by Crippen LogP contribution is -2.56. The molecule has 0 saturated carbocycles. The van der Waals surface area contributed by atoms with E-state index >= 15 is 0 Å². The third-order valence-corrected chi connectivity index (χ3v) is 5.13. The van der Waals surface area contributed by atoms with Crippen LogP contribution in [0.1, 0.15) is 49.5 Å². The van der Waals surface area contributed by atoms with Crippen LogP contribution < -0.4 is 5.32 Å². The number of benzene rings is 1. The number of rotatable bonds is 5. The van der Waals surface area contributed by atoms with Crippen LogP contribution in [-0.2, 0) is 9.59 Å². The first-order valence-corrected chi connectivity index (χ1v) is 9.04. The van der Waals surface area contributed by atoms with Gasteiger partial charge in [0, 0.05) is 18.7 Å². The fourth-order valence-corrected chi connectivity index (χ4v) is 3.36. The van der Waals surface area contributed by atoms with Crippen molar-refractivity contribution in [3.05, 3.63) is 35.4 Å². The van der Waals surface area contributed by atoms with E-state index in [1.54, 1.807) is 24.0 Å². The molecule has 142 valence electrons. The van der Waals surface area contributed by atoms with Crippen LogP contribution in [0.25, 0.3) is 0 Å². The largest absolute Gasteiger partial charge is 0.481 e. The third-order valence-electron chi connectivity index (χ3n) is 5.13. The number of hydrogen-bond acceptors (Lipinski definition) is 3. The lowest BCUT2D eigenvalue weighted by atomic mass is 9.81. The second-order valence-electron chi connectivity index (χ2n) is 7.74. The average molecular weight is 360 g/mol. The predicted octanol–water partition coefficient (Wildman–Crippen LogP) is 2.46. The van der Waals surface area contributed by atoms with Crippen molar-refractivity contribution in [3.8, 4) is 0 Å². The highest BCUT2D eigenvalue weighted by Gasteiger charge is 2.41. The quantitative estimate of drug-likeness (QED) is 0.844. The predicted molar refractivity (Wildman–Crippen MR) is 98.8 cm³/mol. The first-order valence-electron chi connectivity index (χ1n) is 9.04. The van der Waals surface area contributed by atoms with Gasteiger partial charge in [-0.2, -0.15) is 0 Å². The van der Waals surface area contributed by atoms with Gasteiger partial charge >= 0.3 is 5.97 Å². The molecule has 2 rings (SSSR count). The number of nitrogens with one attached hydrogen (secondary N) is 1. The summed E-state index contributed by atoms with van der Waals surface area (Å²) < 4.78 is 0. The standard InChI is InChI=1S/C20H28N2O4/c1-13(2)16(21-17(23)15-9-6-5-8-14(15)3)18(24)22-11-7-10-20(4,12-22)19(25)26/h5-6,8-9,13,16H,7,10-12H2,1-4H3,(H,21,23)(H,25,26). The molecule has 2 unspecified atom stereocenters. The Labute approximate surface area is 154 Å². The van der Waals surface area contributed by atoms with Crippen molar-refractivity contribution in [1.82, 2.24) is 10.2 Å². The maximum Gasteiger partial charge on any atom is 0.311 e. The van der Waals surface area contributed by atoms with Crippen LogP contribution >= 0.6 is 0 Å². The molecule has 1 saturated heterocycles. The van der Waals surface area contributed by atoms with E-state index in [1.165, 1.54) is 0 Å². The van der Waals surface area contributed by atoms with Crippen molar-refractivity contribution < 1.29 is 19.5 Å². The molecule has 1 aliphatic rings. The number of likely N-dealkylation sites (tertiary alicyclic amines) is 1. The molecular weight excluding hydrogens is 332 g/mol. The molecule has 1 heterocycles. The smallest absolute Gasteiger partial charge is 0.311 e. The molecule has 0 bridgehead atoms. The fraction of sp³-hybridized carbons (Fsp3) is 0.550. The Bertz CT molecular complexity index is 701. The second kappa shape index (κ2) is 7.89. The molecular formula is C20H28N2O4. The van der Waals surface area contributed by atoms with Crippen LogP contribution in [-0.4, -0.2) is 46.9 Å².